The molecule has 3 rings (SSSR count). The Balaban J connectivity index is 1.69. The fourth-order valence-corrected chi connectivity index (χ4v) is 3.45. The molecule has 1 saturated carbocycles. The molecule has 0 unspecified atom stereocenters. The number of carbonyl (C=O) groups excluding carboxylic acids is 2. The molecule has 1 N–H and O–H groups in total. The van der Waals surface area contributed by atoms with Gasteiger partial charge in [0.15, 0.2) is 6.10 Å². The quantitative estimate of drug-likeness (QED) is 0.757. The minimum Gasteiger partial charge on any atom is -0.462 e. The fraction of sp³-hybridized carbons (Fsp3) is 0.762. The molecule has 1 aliphatic carbocycles. The van der Waals surface area contributed by atoms with E-state index < -0.39 is 17.8 Å². The van der Waals surface area contributed by atoms with E-state index in [-0.39, 0.29) is 30.6 Å². The first-order chi connectivity index (χ1) is 14.0. The predicted molar refractivity (Wildman–Crippen MR) is 110 cm³/mol. The monoisotopic (exact) mass is 422 g/mol. The maximum absolute atomic E-state index is 13.4. The van der Waals surface area contributed by atoms with Gasteiger partial charge in [-0.1, -0.05) is 0 Å². The van der Waals surface area contributed by atoms with E-state index in [9.17, 15) is 9.59 Å². The first kappa shape index (κ1) is 22.4. The van der Waals surface area contributed by atoms with Crippen LogP contribution in [-0.2, 0) is 14.3 Å². The van der Waals surface area contributed by atoms with Crippen molar-refractivity contribution >= 4 is 12.0 Å². The summed E-state index contributed by atoms with van der Waals surface area (Å²) in [6.45, 7) is 12.2. The van der Waals surface area contributed by atoms with Crippen molar-refractivity contribution in [3.05, 3.63) is 11.9 Å². The number of hydrogen-bond acceptors (Lipinski definition) is 6. The van der Waals surface area contributed by atoms with Gasteiger partial charge < -0.3 is 29.0 Å². The smallest absolute Gasteiger partial charge is 0.410 e. The number of carbonyl (C=O) groups is 2. The number of aromatic amines is 1. The van der Waals surface area contributed by atoms with E-state index in [2.05, 4.69) is 9.97 Å². The molecule has 9 nitrogen and oxygen atoms in total. The van der Waals surface area contributed by atoms with Crippen LogP contribution in [0.2, 0.25) is 0 Å². The normalized spacial score (nSPS) is 20.8. The SMILES string of the molecule is CC(C)Oc1nc([C@@H](C)N(C(=O)[C@H]2CN(C(=O)OC(C)(C)C)CCO2)C2CC2)c[nH]1. The molecule has 168 valence electrons. The van der Waals surface area contributed by atoms with E-state index in [0.717, 1.165) is 18.5 Å². The number of ether oxygens (including phenoxy) is 3. The Morgan fingerprint density at radius 2 is 2.00 bits per heavy atom. The zero-order valence-corrected chi connectivity index (χ0v) is 18.8. The van der Waals surface area contributed by atoms with Crippen LogP contribution in [0.4, 0.5) is 4.79 Å². The van der Waals surface area contributed by atoms with Crippen LogP contribution in [0.3, 0.4) is 0 Å². The number of nitrogens with zero attached hydrogens (tertiary/aromatic N) is 3. The molecule has 0 aromatic carbocycles. The second-order valence-corrected chi connectivity index (χ2v) is 9.24. The summed E-state index contributed by atoms with van der Waals surface area (Å²) >= 11 is 0. The van der Waals surface area contributed by atoms with E-state index in [1.807, 2.05) is 46.4 Å². The van der Waals surface area contributed by atoms with Crippen molar-refractivity contribution in [3.63, 3.8) is 0 Å². The maximum Gasteiger partial charge on any atom is 0.410 e. The van der Waals surface area contributed by atoms with Crippen molar-refractivity contribution in [1.82, 2.24) is 19.8 Å². The number of hydrogen-bond donors (Lipinski definition) is 1. The predicted octanol–water partition coefficient (Wildman–Crippen LogP) is 2.88. The molecular weight excluding hydrogens is 388 g/mol. The summed E-state index contributed by atoms with van der Waals surface area (Å²) in [6, 6.07) is 0.380. The van der Waals surface area contributed by atoms with Gasteiger partial charge in [0, 0.05) is 18.8 Å². The van der Waals surface area contributed by atoms with Gasteiger partial charge in [0.25, 0.3) is 11.9 Å². The molecule has 1 saturated heterocycles. The molecule has 9 heteroatoms. The lowest BCUT2D eigenvalue weighted by Gasteiger charge is -2.37. The highest BCUT2D eigenvalue weighted by atomic mass is 16.6. The van der Waals surface area contributed by atoms with Crippen molar-refractivity contribution in [2.45, 2.75) is 84.3 Å². The summed E-state index contributed by atoms with van der Waals surface area (Å²) in [4.78, 5) is 36.7. The molecule has 2 atom stereocenters. The Kier molecular flexibility index (Phi) is 6.59. The molecule has 2 heterocycles. The van der Waals surface area contributed by atoms with Crippen LogP contribution in [0.15, 0.2) is 6.20 Å². The lowest BCUT2D eigenvalue weighted by Crippen LogP contribution is -2.54. The van der Waals surface area contributed by atoms with E-state index in [0.29, 0.717) is 19.2 Å². The summed E-state index contributed by atoms with van der Waals surface area (Å²) in [5.41, 5.74) is 0.157. The number of H-pyrrole nitrogens is 1. The van der Waals surface area contributed by atoms with E-state index in [4.69, 9.17) is 14.2 Å². The summed E-state index contributed by atoms with van der Waals surface area (Å²) < 4.78 is 16.8. The number of imidazole rings is 1. The molecule has 2 aliphatic rings. The van der Waals surface area contributed by atoms with Crippen molar-refractivity contribution < 1.29 is 23.8 Å². The molecule has 0 spiro atoms. The highest BCUT2D eigenvalue weighted by Crippen LogP contribution is 2.35. The van der Waals surface area contributed by atoms with Gasteiger partial charge in [-0.2, -0.15) is 4.98 Å². The average molecular weight is 423 g/mol. The van der Waals surface area contributed by atoms with Gasteiger partial charge in [0.1, 0.15) is 5.60 Å². The van der Waals surface area contributed by atoms with Crippen molar-refractivity contribution in [2.24, 2.45) is 0 Å². The zero-order valence-electron chi connectivity index (χ0n) is 18.8. The highest BCUT2D eigenvalue weighted by Gasteiger charge is 2.42. The van der Waals surface area contributed by atoms with Gasteiger partial charge in [-0.05, 0) is 54.4 Å². The topological polar surface area (TPSA) is 97.0 Å². The molecule has 2 fully saturated rings. The standard InChI is InChI=1S/C21H34N4O5/c1-13(2)29-19-22-11-16(23-19)14(3)25(15-7-8-15)18(26)17-12-24(9-10-28-17)20(27)30-21(4,5)6/h11,13-15,17H,7-10,12H2,1-6H3,(H,22,23)/t14-,17-/m1/s1. The van der Waals surface area contributed by atoms with Gasteiger partial charge in [0.05, 0.1) is 31.0 Å². The van der Waals surface area contributed by atoms with Gasteiger partial charge >= 0.3 is 6.09 Å². The van der Waals surface area contributed by atoms with E-state index >= 15 is 0 Å². The lowest BCUT2D eigenvalue weighted by atomic mass is 10.1. The molecule has 1 aromatic rings. The van der Waals surface area contributed by atoms with Crippen LogP contribution < -0.4 is 4.74 Å². The minimum absolute atomic E-state index is 0.00921. The largest absolute Gasteiger partial charge is 0.462 e. The third kappa shape index (κ3) is 5.65. The molecule has 2 amide bonds. The molecular formula is C21H34N4O5. The first-order valence-electron chi connectivity index (χ1n) is 10.7. The van der Waals surface area contributed by atoms with Crippen LogP contribution in [-0.4, -0.2) is 75.3 Å². The van der Waals surface area contributed by atoms with Gasteiger partial charge in [-0.15, -0.1) is 0 Å². The second-order valence-electron chi connectivity index (χ2n) is 9.24. The Bertz CT molecular complexity index is 753. The molecule has 1 aromatic heterocycles. The van der Waals surface area contributed by atoms with Crippen molar-refractivity contribution in [3.8, 4) is 6.01 Å². The molecule has 0 bridgehead atoms. The maximum atomic E-state index is 13.4. The van der Waals surface area contributed by atoms with Crippen LogP contribution in [0, 0.1) is 0 Å². The number of nitrogens with one attached hydrogen (secondary N) is 1. The Hall–Kier alpha value is -2.29. The van der Waals surface area contributed by atoms with E-state index in [1.165, 1.54) is 0 Å². The number of rotatable bonds is 6. The Morgan fingerprint density at radius 1 is 1.30 bits per heavy atom. The third-order valence-electron chi connectivity index (χ3n) is 4.96. The van der Waals surface area contributed by atoms with Crippen molar-refractivity contribution in [2.75, 3.05) is 19.7 Å². The summed E-state index contributed by atoms with van der Waals surface area (Å²) in [5, 5.41) is 0. The highest BCUT2D eigenvalue weighted by molar-refractivity contribution is 5.83. The number of amides is 2. The van der Waals surface area contributed by atoms with Gasteiger partial charge in [-0.3, -0.25) is 4.79 Å². The minimum atomic E-state index is -0.709. The zero-order chi connectivity index (χ0) is 22.1. The Labute approximate surface area is 178 Å². The Morgan fingerprint density at radius 3 is 2.60 bits per heavy atom. The summed E-state index contributed by atoms with van der Waals surface area (Å²) in [7, 11) is 0. The average Bonchev–Trinajstić information content (AvgIpc) is 3.37. The van der Waals surface area contributed by atoms with Crippen LogP contribution in [0.1, 0.15) is 66.1 Å². The molecule has 30 heavy (non-hydrogen) atoms. The molecule has 0 radical (unpaired) electrons. The fourth-order valence-electron chi connectivity index (χ4n) is 3.45. The third-order valence-corrected chi connectivity index (χ3v) is 4.96. The number of aromatic nitrogens is 2. The van der Waals surface area contributed by atoms with Crippen LogP contribution in [0.5, 0.6) is 6.01 Å². The van der Waals surface area contributed by atoms with Crippen LogP contribution in [0.25, 0.3) is 0 Å². The first-order valence-corrected chi connectivity index (χ1v) is 10.7. The lowest BCUT2D eigenvalue weighted by molar-refractivity contribution is -0.152. The van der Waals surface area contributed by atoms with Crippen LogP contribution >= 0.6 is 0 Å². The van der Waals surface area contributed by atoms with Gasteiger partial charge in [-0.25, -0.2) is 4.79 Å². The molecule has 1 aliphatic heterocycles. The van der Waals surface area contributed by atoms with E-state index in [1.54, 1.807) is 11.1 Å². The summed E-state index contributed by atoms with van der Waals surface area (Å²) in [5.74, 6) is -0.118. The van der Waals surface area contributed by atoms with Gasteiger partial charge in [0.2, 0.25) is 0 Å². The van der Waals surface area contributed by atoms with Crippen molar-refractivity contribution in [1.29, 1.82) is 0 Å². The second kappa shape index (κ2) is 8.83. The summed E-state index contributed by atoms with van der Waals surface area (Å²) in [6.07, 6.45) is 2.57. The number of morpholine rings is 1.